The Bertz CT molecular complexity index is 1200. The third-order valence-corrected chi connectivity index (χ3v) is 8.82. The molecule has 0 saturated heterocycles. The number of fused-ring (bicyclic) bond motifs is 4. The fourth-order valence-corrected chi connectivity index (χ4v) is 7.14. The van der Waals surface area contributed by atoms with Gasteiger partial charge >= 0.3 is 0 Å². The van der Waals surface area contributed by atoms with Crippen molar-refractivity contribution in [1.29, 1.82) is 0 Å². The number of thioether (sulfide) groups is 1. The zero-order chi connectivity index (χ0) is 20.7. The number of ether oxygens (including phenoxy) is 1. The van der Waals surface area contributed by atoms with Crippen LogP contribution in [-0.4, -0.2) is 16.6 Å². The fourth-order valence-electron chi connectivity index (χ4n) is 3.79. The quantitative estimate of drug-likeness (QED) is 0.360. The SMILES string of the molecule is C=[S-]1=C2CSc3ccc(COCc4ccc(F)cc4)cc3N2Cc2c(Cl)cccc21. The highest BCUT2D eigenvalue weighted by Gasteiger charge is 2.23. The van der Waals surface area contributed by atoms with Crippen LogP contribution in [0.5, 0.6) is 0 Å². The first-order chi connectivity index (χ1) is 14.6. The van der Waals surface area contributed by atoms with Gasteiger partial charge in [-0.05, 0) is 47.0 Å². The van der Waals surface area contributed by atoms with Gasteiger partial charge in [-0.15, -0.1) is 16.7 Å². The molecule has 0 fully saturated rings. The maximum atomic E-state index is 13.1. The van der Waals surface area contributed by atoms with Gasteiger partial charge in [0.05, 0.1) is 18.9 Å². The molecule has 0 bridgehead atoms. The summed E-state index contributed by atoms with van der Waals surface area (Å²) >= 11 is 8.39. The molecule has 0 spiro atoms. The van der Waals surface area contributed by atoms with Gasteiger partial charge in [0.1, 0.15) is 5.82 Å². The summed E-state index contributed by atoms with van der Waals surface area (Å²) in [5.41, 5.74) is 4.46. The van der Waals surface area contributed by atoms with E-state index in [1.807, 2.05) is 23.9 Å². The molecule has 3 aromatic carbocycles. The molecule has 2 nitrogen and oxygen atoms in total. The Morgan fingerprint density at radius 1 is 1.07 bits per heavy atom. The maximum absolute atomic E-state index is 13.1. The van der Waals surface area contributed by atoms with Gasteiger partial charge < -0.3 is 19.7 Å². The van der Waals surface area contributed by atoms with E-state index in [1.165, 1.54) is 38.2 Å². The molecule has 0 atom stereocenters. The number of anilines is 1. The van der Waals surface area contributed by atoms with Gasteiger partial charge in [-0.3, -0.25) is 0 Å². The first kappa shape index (κ1) is 20.0. The van der Waals surface area contributed by atoms with E-state index in [-0.39, 0.29) is 15.9 Å². The Hall–Kier alpha value is -1.92. The second kappa shape index (κ2) is 8.31. The van der Waals surface area contributed by atoms with E-state index in [1.54, 1.807) is 12.1 Å². The van der Waals surface area contributed by atoms with E-state index in [0.717, 1.165) is 28.4 Å². The molecule has 5 rings (SSSR count). The molecule has 0 unspecified atom stereocenters. The predicted molar refractivity (Wildman–Crippen MR) is 127 cm³/mol. The summed E-state index contributed by atoms with van der Waals surface area (Å²) in [6.07, 6.45) is 0. The van der Waals surface area contributed by atoms with Gasteiger partial charge in [0.2, 0.25) is 0 Å². The van der Waals surface area contributed by atoms with Crippen LogP contribution in [0.25, 0.3) is 0 Å². The van der Waals surface area contributed by atoms with Gasteiger partial charge in [-0.2, -0.15) is 0 Å². The molecule has 0 amide bonds. The summed E-state index contributed by atoms with van der Waals surface area (Å²) in [4.78, 5) is 6.27. The van der Waals surface area contributed by atoms with Crippen molar-refractivity contribution >= 4 is 50.0 Å². The van der Waals surface area contributed by atoms with E-state index in [4.69, 9.17) is 16.3 Å². The van der Waals surface area contributed by atoms with Crippen LogP contribution in [0.2, 0.25) is 5.02 Å². The highest BCUT2D eigenvalue weighted by molar-refractivity contribution is 8.03. The Labute approximate surface area is 187 Å². The van der Waals surface area contributed by atoms with Crippen molar-refractivity contribution in [3.8, 4) is 0 Å². The molecule has 0 aliphatic carbocycles. The average Bonchev–Trinajstić information content (AvgIpc) is 2.76. The van der Waals surface area contributed by atoms with Crippen molar-refractivity contribution in [2.75, 3.05) is 10.7 Å². The van der Waals surface area contributed by atoms with Crippen LogP contribution >= 0.6 is 23.4 Å². The highest BCUT2D eigenvalue weighted by Crippen LogP contribution is 2.40. The standard InChI is InChI=1S/C24H20ClFNOS2/c1-30-23-4-2-3-20(25)19(23)12-27-21-11-17(7-10-22(21)29-15-24(27)30)14-28-13-16-5-8-18(26)9-6-16/h2-11H,1,12-15H2/q-1. The van der Waals surface area contributed by atoms with Crippen molar-refractivity contribution in [2.24, 2.45) is 0 Å². The third-order valence-electron chi connectivity index (χ3n) is 5.36. The number of benzene rings is 3. The van der Waals surface area contributed by atoms with Gasteiger partial charge in [0.15, 0.2) is 0 Å². The van der Waals surface area contributed by atoms with E-state index >= 15 is 0 Å². The van der Waals surface area contributed by atoms with Crippen molar-refractivity contribution in [2.45, 2.75) is 29.5 Å². The zero-order valence-electron chi connectivity index (χ0n) is 16.2. The third kappa shape index (κ3) is 3.76. The Kier molecular flexibility index (Phi) is 5.54. The lowest BCUT2D eigenvalue weighted by atomic mass is 10.1. The van der Waals surface area contributed by atoms with Crippen LogP contribution in [0.3, 0.4) is 0 Å². The van der Waals surface area contributed by atoms with Crippen LogP contribution in [0.4, 0.5) is 10.1 Å². The smallest absolute Gasteiger partial charge is 0.123 e. The molecule has 154 valence electrons. The lowest BCUT2D eigenvalue weighted by Crippen LogP contribution is -2.39. The number of halogens is 2. The van der Waals surface area contributed by atoms with Crippen LogP contribution in [0, 0.1) is 5.82 Å². The summed E-state index contributed by atoms with van der Waals surface area (Å²) in [6, 6.07) is 19.1. The summed E-state index contributed by atoms with van der Waals surface area (Å²) in [7, 11) is -0.213. The highest BCUT2D eigenvalue weighted by atomic mass is 35.5. The Balaban J connectivity index is 1.39. The Morgan fingerprint density at radius 2 is 1.83 bits per heavy atom. The predicted octanol–water partition coefficient (Wildman–Crippen LogP) is 5.86. The molecule has 2 aliphatic rings. The molecular weight excluding hydrogens is 437 g/mol. The number of nitrogens with zero attached hydrogens (tertiary/aromatic N) is 1. The molecule has 0 aromatic heterocycles. The summed E-state index contributed by atoms with van der Waals surface area (Å²) in [5.74, 6) is 5.19. The van der Waals surface area contributed by atoms with Gasteiger partial charge in [-0.1, -0.05) is 46.9 Å². The van der Waals surface area contributed by atoms with Crippen molar-refractivity contribution in [1.82, 2.24) is 0 Å². The summed E-state index contributed by atoms with van der Waals surface area (Å²) in [5, 5.41) is 0.811. The number of hydrogen-bond donors (Lipinski definition) is 0. The number of hydrogen-bond acceptors (Lipinski definition) is 4. The van der Waals surface area contributed by atoms with E-state index < -0.39 is 0 Å². The average molecular weight is 457 g/mol. The van der Waals surface area contributed by atoms with Crippen LogP contribution in [0.1, 0.15) is 16.7 Å². The van der Waals surface area contributed by atoms with Gasteiger partial charge in [0, 0.05) is 22.2 Å². The molecule has 0 radical (unpaired) electrons. The second-order valence-electron chi connectivity index (χ2n) is 7.30. The van der Waals surface area contributed by atoms with Crippen LogP contribution in [-0.2, 0) is 34.6 Å². The largest absolute Gasteiger partial charge is 0.430 e. The number of rotatable bonds is 4. The molecule has 30 heavy (non-hydrogen) atoms. The second-order valence-corrected chi connectivity index (χ2v) is 10.4. The molecule has 0 saturated carbocycles. The Morgan fingerprint density at radius 3 is 2.67 bits per heavy atom. The van der Waals surface area contributed by atoms with E-state index in [9.17, 15) is 4.39 Å². The first-order valence-electron chi connectivity index (χ1n) is 9.63. The first-order valence-corrected chi connectivity index (χ1v) is 12.4. The lowest BCUT2D eigenvalue weighted by Gasteiger charge is -2.44. The van der Waals surface area contributed by atoms with Crippen molar-refractivity contribution in [3.05, 3.63) is 88.2 Å². The molecule has 2 aliphatic heterocycles. The van der Waals surface area contributed by atoms with Crippen molar-refractivity contribution < 1.29 is 9.13 Å². The van der Waals surface area contributed by atoms with Gasteiger partial charge in [0.25, 0.3) is 0 Å². The van der Waals surface area contributed by atoms with Gasteiger partial charge in [-0.25, -0.2) is 10.3 Å². The summed E-state index contributed by atoms with van der Waals surface area (Å²) in [6.45, 7) is 1.74. The summed E-state index contributed by atoms with van der Waals surface area (Å²) < 4.78 is 18.9. The normalized spacial score (nSPS) is 15.5. The van der Waals surface area contributed by atoms with E-state index in [0.29, 0.717) is 13.2 Å². The molecule has 3 aromatic rings. The van der Waals surface area contributed by atoms with Crippen molar-refractivity contribution in [3.63, 3.8) is 0 Å². The monoisotopic (exact) mass is 456 g/mol. The minimum absolute atomic E-state index is 0.213. The fraction of sp³-hybridized carbons (Fsp3) is 0.167. The maximum Gasteiger partial charge on any atom is 0.123 e. The molecule has 2 heterocycles. The van der Waals surface area contributed by atoms with E-state index in [2.05, 4.69) is 35.0 Å². The molecule has 0 N–H and O–H groups in total. The molecule has 6 heteroatoms. The minimum atomic E-state index is -0.231. The van der Waals surface area contributed by atoms with Crippen LogP contribution in [0.15, 0.2) is 70.5 Å². The minimum Gasteiger partial charge on any atom is -0.430 e. The topological polar surface area (TPSA) is 12.5 Å². The zero-order valence-corrected chi connectivity index (χ0v) is 18.6. The van der Waals surface area contributed by atoms with Crippen LogP contribution < -0.4 is 4.90 Å². The lowest BCUT2D eigenvalue weighted by molar-refractivity contribution is 0.107. The molecular formula is C24H20ClFNOS2-.